The summed E-state index contributed by atoms with van der Waals surface area (Å²) >= 11 is 0. The highest BCUT2D eigenvalue weighted by Gasteiger charge is 2.69. The number of fused-ring (bicyclic) bond motifs is 1. The molecule has 0 bridgehead atoms. The Morgan fingerprint density at radius 2 is 1.62 bits per heavy atom. The van der Waals surface area contributed by atoms with Crippen LogP contribution in [-0.4, -0.2) is 82.9 Å². The highest BCUT2D eigenvalue weighted by Crippen LogP contribution is 2.65. The van der Waals surface area contributed by atoms with Gasteiger partial charge in [-0.25, -0.2) is 4.79 Å². The van der Waals surface area contributed by atoms with Crippen molar-refractivity contribution in [1.82, 2.24) is 20.9 Å². The van der Waals surface area contributed by atoms with Crippen molar-refractivity contribution in [2.45, 2.75) is 136 Å². The van der Waals surface area contributed by atoms with Crippen molar-refractivity contribution in [2.24, 2.45) is 23.2 Å². The molecule has 0 aromatic heterocycles. The molecule has 1 saturated heterocycles. The van der Waals surface area contributed by atoms with Crippen LogP contribution in [0.25, 0.3) is 0 Å². The number of nitrogens with zero attached hydrogens (tertiary/aromatic N) is 1. The van der Waals surface area contributed by atoms with Gasteiger partial charge < -0.3 is 30.3 Å². The van der Waals surface area contributed by atoms with Gasteiger partial charge in [-0.3, -0.25) is 24.0 Å². The molecule has 1 heterocycles. The van der Waals surface area contributed by atoms with Gasteiger partial charge in [0.15, 0.2) is 0 Å². The van der Waals surface area contributed by atoms with E-state index in [0.29, 0.717) is 19.4 Å². The number of ketones is 1. The van der Waals surface area contributed by atoms with Crippen LogP contribution < -0.4 is 16.0 Å². The van der Waals surface area contributed by atoms with E-state index in [4.69, 9.17) is 9.47 Å². The lowest BCUT2D eigenvalue weighted by molar-refractivity contribution is -0.156. The van der Waals surface area contributed by atoms with Gasteiger partial charge in [0.2, 0.25) is 17.6 Å². The zero-order valence-electron chi connectivity index (χ0n) is 32.6. The molecule has 4 amide bonds. The Hall–Kier alpha value is -4.22. The third-order valence-corrected chi connectivity index (χ3v) is 10.8. The minimum atomic E-state index is -1.18. The van der Waals surface area contributed by atoms with Crippen LogP contribution in [0.2, 0.25) is 0 Å². The molecule has 2 saturated carbocycles. The number of Topliss-reactive ketones (excluding diaryl/α,β-unsaturated/α-hetero) is 1. The van der Waals surface area contributed by atoms with Crippen molar-refractivity contribution in [2.75, 3.05) is 13.1 Å². The Morgan fingerprint density at radius 3 is 2.25 bits per heavy atom. The van der Waals surface area contributed by atoms with E-state index in [1.165, 1.54) is 0 Å². The first-order valence-corrected chi connectivity index (χ1v) is 19.1. The molecule has 1 unspecified atom stereocenters. The molecule has 12 nitrogen and oxygen atoms in total. The number of carbonyl (C=O) groups excluding carboxylic acids is 6. The van der Waals surface area contributed by atoms with E-state index >= 15 is 0 Å². The Morgan fingerprint density at radius 1 is 0.962 bits per heavy atom. The molecule has 5 atom stereocenters. The Kier molecular flexibility index (Phi) is 13.5. The van der Waals surface area contributed by atoms with Crippen LogP contribution in [0.15, 0.2) is 43.0 Å². The monoisotopic (exact) mass is 736 g/mol. The number of likely N-dealkylation sites (tertiary alicyclic amines) is 1. The molecular formula is C41H60N4O8. The van der Waals surface area contributed by atoms with Crippen LogP contribution >= 0.6 is 0 Å². The molecule has 1 aromatic carbocycles. The number of amides is 4. The Bertz CT molecular complexity index is 1510. The van der Waals surface area contributed by atoms with Gasteiger partial charge in [-0.05, 0) is 89.0 Å². The predicted octanol–water partition coefficient (Wildman–Crippen LogP) is 5.03. The van der Waals surface area contributed by atoms with Crippen molar-refractivity contribution >= 4 is 35.6 Å². The molecule has 292 valence electrons. The van der Waals surface area contributed by atoms with Gasteiger partial charge in [0, 0.05) is 19.5 Å². The van der Waals surface area contributed by atoms with Crippen LogP contribution in [0.5, 0.6) is 0 Å². The van der Waals surface area contributed by atoms with E-state index in [-0.39, 0.29) is 48.5 Å². The third-order valence-electron chi connectivity index (χ3n) is 10.8. The third kappa shape index (κ3) is 11.1. The highest BCUT2D eigenvalue weighted by atomic mass is 16.6. The van der Waals surface area contributed by atoms with Gasteiger partial charge in [0.1, 0.15) is 23.3 Å². The number of benzene rings is 1. The van der Waals surface area contributed by atoms with Gasteiger partial charge in [-0.1, -0.05) is 69.5 Å². The van der Waals surface area contributed by atoms with Gasteiger partial charge in [0.05, 0.1) is 12.5 Å². The summed E-state index contributed by atoms with van der Waals surface area (Å²) in [4.78, 5) is 82.2. The molecule has 3 N–H and O–H groups in total. The number of piperidine rings is 1. The van der Waals surface area contributed by atoms with E-state index in [1.54, 1.807) is 31.7 Å². The second-order valence-electron chi connectivity index (χ2n) is 17.1. The molecular weight excluding hydrogens is 676 g/mol. The van der Waals surface area contributed by atoms with Crippen LogP contribution in [0.3, 0.4) is 0 Å². The van der Waals surface area contributed by atoms with Crippen molar-refractivity contribution in [3.8, 4) is 0 Å². The van der Waals surface area contributed by atoms with Crippen molar-refractivity contribution in [3.05, 3.63) is 48.6 Å². The number of hydrogen-bond donors (Lipinski definition) is 3. The number of alkyl carbamates (subject to hydrolysis) is 1. The summed E-state index contributed by atoms with van der Waals surface area (Å²) in [5.41, 5.74) is -0.719. The van der Waals surface area contributed by atoms with Crippen molar-refractivity contribution < 1.29 is 38.2 Å². The van der Waals surface area contributed by atoms with E-state index in [1.807, 2.05) is 44.2 Å². The van der Waals surface area contributed by atoms with Crippen molar-refractivity contribution in [3.63, 3.8) is 0 Å². The topological polar surface area (TPSA) is 160 Å². The molecule has 3 aliphatic rings. The summed E-state index contributed by atoms with van der Waals surface area (Å²) in [6.07, 6.45) is 6.24. The zero-order chi connectivity index (χ0) is 39.1. The fourth-order valence-corrected chi connectivity index (χ4v) is 8.09. The maximum absolute atomic E-state index is 14.4. The summed E-state index contributed by atoms with van der Waals surface area (Å²) in [6.45, 7) is 17.0. The quantitative estimate of drug-likeness (QED) is 0.121. The summed E-state index contributed by atoms with van der Waals surface area (Å²) in [5, 5.41) is 8.16. The second kappa shape index (κ2) is 17.3. The fraction of sp³-hybridized carbons (Fsp3) is 0.659. The lowest BCUT2D eigenvalue weighted by atomic mass is 9.83. The molecule has 1 aliphatic heterocycles. The Balaban J connectivity index is 1.41. The first-order valence-electron chi connectivity index (χ1n) is 19.1. The molecule has 0 spiro atoms. The number of esters is 1. The summed E-state index contributed by atoms with van der Waals surface area (Å²) in [6, 6.07) is 6.72. The molecule has 2 aliphatic carbocycles. The van der Waals surface area contributed by atoms with Crippen LogP contribution in [0.1, 0.15) is 105 Å². The number of hydrogen-bond acceptors (Lipinski definition) is 8. The van der Waals surface area contributed by atoms with Gasteiger partial charge >= 0.3 is 12.1 Å². The number of carbonyl (C=O) groups is 6. The molecule has 4 rings (SSSR count). The lowest BCUT2D eigenvalue weighted by Gasteiger charge is -2.37. The van der Waals surface area contributed by atoms with E-state index in [9.17, 15) is 28.8 Å². The summed E-state index contributed by atoms with van der Waals surface area (Å²) < 4.78 is 11.2. The maximum Gasteiger partial charge on any atom is 0.408 e. The number of nitrogens with one attached hydrogen (secondary N) is 3. The predicted molar refractivity (Wildman–Crippen MR) is 200 cm³/mol. The second-order valence-corrected chi connectivity index (χ2v) is 17.1. The minimum Gasteiger partial charge on any atom is -0.459 e. The molecule has 53 heavy (non-hydrogen) atoms. The molecule has 1 aromatic rings. The highest BCUT2D eigenvalue weighted by molar-refractivity contribution is 6.38. The van der Waals surface area contributed by atoms with E-state index in [2.05, 4.69) is 36.4 Å². The van der Waals surface area contributed by atoms with Gasteiger partial charge in [-0.2, -0.15) is 0 Å². The average Bonchev–Trinajstić information content (AvgIpc) is 3.38. The zero-order valence-corrected chi connectivity index (χ0v) is 32.6. The molecule has 12 heteroatoms. The molecule has 0 radical (unpaired) electrons. The molecule has 3 fully saturated rings. The largest absolute Gasteiger partial charge is 0.459 e. The standard InChI is InChI=1S/C41H60N4O8/c1-9-10-21-29(34(47)36(49)42-23-22-30(46)52-40(5,6)24-26-17-13-11-14-18-26)43-35(48)33-31-28(41(31,7)8)25-45(33)37(50)32(27-19-15-12-16-20-27)44-38(51)53-39(2,3)4/h9,11,13-14,17-18,27-29,31-33H,1,10,12,15-16,19-25H2,2-8H3,(H,42,49)(H,43,48)(H,44,51)/t28-,29?,31-,32-,33-/m0/s1. The lowest BCUT2D eigenvalue weighted by Crippen LogP contribution is -2.59. The summed E-state index contributed by atoms with van der Waals surface area (Å²) in [7, 11) is 0. The number of rotatable bonds is 16. The Labute approximate surface area is 314 Å². The first kappa shape index (κ1) is 41.5. The smallest absolute Gasteiger partial charge is 0.408 e. The SMILES string of the molecule is C=CCCC(NC(=O)[C@@H]1[C@@H]2[C@H](CN1C(=O)[C@@H](NC(=O)OC(C)(C)C)C1CCCCC1)C2(C)C)C(=O)C(=O)NCCC(=O)OC(C)(C)Cc1ccccc1. The van der Waals surface area contributed by atoms with Crippen molar-refractivity contribution in [1.29, 1.82) is 0 Å². The van der Waals surface area contributed by atoms with Gasteiger partial charge in [0.25, 0.3) is 5.91 Å². The first-order chi connectivity index (χ1) is 24.8. The van der Waals surface area contributed by atoms with Crippen LogP contribution in [-0.2, 0) is 39.9 Å². The van der Waals surface area contributed by atoms with Crippen LogP contribution in [0.4, 0.5) is 4.79 Å². The maximum atomic E-state index is 14.4. The number of ether oxygens (including phenoxy) is 2. The van der Waals surface area contributed by atoms with Gasteiger partial charge in [-0.15, -0.1) is 6.58 Å². The number of allylic oxidation sites excluding steroid dienone is 1. The van der Waals surface area contributed by atoms with E-state index in [0.717, 1.165) is 37.7 Å². The van der Waals surface area contributed by atoms with E-state index < -0.39 is 59.0 Å². The minimum absolute atomic E-state index is 0.0683. The normalized spacial score (nSPS) is 22.0. The fourth-order valence-electron chi connectivity index (χ4n) is 8.09. The van der Waals surface area contributed by atoms with Crippen LogP contribution in [0, 0.1) is 23.2 Å². The average molecular weight is 737 g/mol. The summed E-state index contributed by atoms with van der Waals surface area (Å²) in [5.74, 6) is -3.34.